The summed E-state index contributed by atoms with van der Waals surface area (Å²) in [5, 5.41) is 0. The monoisotopic (exact) mass is 208 g/mol. The van der Waals surface area contributed by atoms with Crippen molar-refractivity contribution in [2.75, 3.05) is 14.2 Å². The number of esters is 1. The van der Waals surface area contributed by atoms with Gasteiger partial charge in [-0.25, -0.2) is 5.43 Å². The first-order chi connectivity index (χ1) is 7.27. The van der Waals surface area contributed by atoms with E-state index in [0.717, 1.165) is 5.56 Å². The molecule has 4 nitrogen and oxygen atoms in total. The van der Waals surface area contributed by atoms with Crippen molar-refractivity contribution in [2.45, 2.75) is 12.5 Å². The van der Waals surface area contributed by atoms with Crippen LogP contribution in [0.5, 0.6) is 0 Å². The molecule has 0 aliphatic carbocycles. The lowest BCUT2D eigenvalue weighted by molar-refractivity contribution is -0.143. The van der Waals surface area contributed by atoms with Crippen LogP contribution in [0.3, 0.4) is 0 Å². The number of hydrazine groups is 1. The molecule has 0 amide bonds. The number of benzene rings is 1. The average Bonchev–Trinajstić information content (AvgIpc) is 2.29. The molecule has 0 spiro atoms. The van der Waals surface area contributed by atoms with Crippen molar-refractivity contribution in [1.82, 2.24) is 10.9 Å². The highest BCUT2D eigenvalue weighted by atomic mass is 16.5. The highest BCUT2D eigenvalue weighted by molar-refractivity contribution is 5.75. The van der Waals surface area contributed by atoms with Gasteiger partial charge in [0.1, 0.15) is 6.04 Å². The van der Waals surface area contributed by atoms with Gasteiger partial charge in [0.15, 0.2) is 0 Å². The molecule has 0 bridgehead atoms. The Balaban J connectivity index is 2.62. The Morgan fingerprint density at radius 2 is 2.07 bits per heavy atom. The first-order valence-corrected chi connectivity index (χ1v) is 4.82. The molecule has 4 heteroatoms. The van der Waals surface area contributed by atoms with E-state index < -0.39 is 0 Å². The van der Waals surface area contributed by atoms with Crippen LogP contribution in [0.1, 0.15) is 5.56 Å². The number of carbonyl (C=O) groups excluding carboxylic acids is 1. The van der Waals surface area contributed by atoms with Crippen molar-refractivity contribution in [3.63, 3.8) is 0 Å². The molecule has 0 aliphatic heterocycles. The summed E-state index contributed by atoms with van der Waals surface area (Å²) in [7, 11) is 3.11. The van der Waals surface area contributed by atoms with Crippen molar-refractivity contribution in [3.05, 3.63) is 35.9 Å². The van der Waals surface area contributed by atoms with Gasteiger partial charge in [-0.2, -0.15) is 0 Å². The number of ether oxygens (including phenoxy) is 1. The lowest BCUT2D eigenvalue weighted by Crippen LogP contribution is -2.45. The number of rotatable bonds is 5. The zero-order valence-corrected chi connectivity index (χ0v) is 8.99. The topological polar surface area (TPSA) is 50.4 Å². The molecule has 1 rings (SSSR count). The van der Waals surface area contributed by atoms with E-state index in [1.807, 2.05) is 30.3 Å². The van der Waals surface area contributed by atoms with E-state index in [9.17, 15) is 4.79 Å². The third-order valence-electron chi connectivity index (χ3n) is 2.09. The molecule has 0 unspecified atom stereocenters. The fourth-order valence-electron chi connectivity index (χ4n) is 1.36. The summed E-state index contributed by atoms with van der Waals surface area (Å²) in [4.78, 5) is 11.4. The minimum atomic E-state index is -0.359. The van der Waals surface area contributed by atoms with E-state index >= 15 is 0 Å². The summed E-state index contributed by atoms with van der Waals surface area (Å²) in [6.45, 7) is 0. The van der Waals surface area contributed by atoms with E-state index in [1.165, 1.54) is 7.11 Å². The van der Waals surface area contributed by atoms with Crippen LogP contribution < -0.4 is 10.9 Å². The van der Waals surface area contributed by atoms with Crippen molar-refractivity contribution in [1.29, 1.82) is 0 Å². The molecule has 0 heterocycles. The Hall–Kier alpha value is -1.39. The predicted octanol–water partition coefficient (Wildman–Crippen LogP) is 0.495. The van der Waals surface area contributed by atoms with Crippen LogP contribution >= 0.6 is 0 Å². The highest BCUT2D eigenvalue weighted by Gasteiger charge is 2.18. The summed E-state index contributed by atoms with van der Waals surface area (Å²) in [5.74, 6) is -0.270. The second kappa shape index (κ2) is 6.16. The Morgan fingerprint density at radius 1 is 1.40 bits per heavy atom. The number of methoxy groups -OCH3 is 1. The standard InChI is InChI=1S/C11H16N2O2/c1-12-13-10(11(14)15-2)8-9-6-4-3-5-7-9/h3-7,10,12-13H,8H2,1-2H3/t10-/m1/s1. The van der Waals surface area contributed by atoms with Gasteiger partial charge in [0, 0.05) is 0 Å². The highest BCUT2D eigenvalue weighted by Crippen LogP contribution is 2.03. The summed E-state index contributed by atoms with van der Waals surface area (Å²) >= 11 is 0. The fourth-order valence-corrected chi connectivity index (χ4v) is 1.36. The van der Waals surface area contributed by atoms with Gasteiger partial charge in [-0.3, -0.25) is 10.2 Å². The number of carbonyl (C=O) groups is 1. The lowest BCUT2D eigenvalue weighted by Gasteiger charge is -2.15. The zero-order valence-electron chi connectivity index (χ0n) is 8.99. The van der Waals surface area contributed by atoms with E-state index in [1.54, 1.807) is 7.05 Å². The van der Waals surface area contributed by atoms with Gasteiger partial charge < -0.3 is 4.74 Å². The number of hydrogen-bond donors (Lipinski definition) is 2. The van der Waals surface area contributed by atoms with Crippen LogP contribution in [0.4, 0.5) is 0 Å². The molecule has 2 N–H and O–H groups in total. The van der Waals surface area contributed by atoms with E-state index in [-0.39, 0.29) is 12.0 Å². The van der Waals surface area contributed by atoms with E-state index in [0.29, 0.717) is 6.42 Å². The molecule has 0 aromatic heterocycles. The summed E-state index contributed by atoms with van der Waals surface area (Å²) < 4.78 is 4.70. The summed E-state index contributed by atoms with van der Waals surface area (Å²) in [5.41, 5.74) is 6.70. The van der Waals surface area contributed by atoms with Crippen LogP contribution in [-0.4, -0.2) is 26.2 Å². The minimum absolute atomic E-state index is 0.270. The van der Waals surface area contributed by atoms with Gasteiger partial charge in [0.2, 0.25) is 0 Å². The van der Waals surface area contributed by atoms with Gasteiger partial charge in [0.25, 0.3) is 0 Å². The second-order valence-electron chi connectivity index (χ2n) is 3.16. The Kier molecular flexibility index (Phi) is 4.80. The maximum absolute atomic E-state index is 11.4. The maximum Gasteiger partial charge on any atom is 0.324 e. The number of nitrogens with one attached hydrogen (secondary N) is 2. The van der Waals surface area contributed by atoms with Crippen LogP contribution in [0.2, 0.25) is 0 Å². The van der Waals surface area contributed by atoms with Crippen molar-refractivity contribution in [2.24, 2.45) is 0 Å². The zero-order chi connectivity index (χ0) is 11.1. The summed E-state index contributed by atoms with van der Waals surface area (Å²) in [6.07, 6.45) is 0.606. The van der Waals surface area contributed by atoms with Crippen molar-refractivity contribution in [3.8, 4) is 0 Å². The second-order valence-corrected chi connectivity index (χ2v) is 3.16. The molecule has 0 saturated heterocycles. The Labute approximate surface area is 89.6 Å². The molecule has 1 aromatic carbocycles. The largest absolute Gasteiger partial charge is 0.468 e. The van der Waals surface area contributed by atoms with E-state index in [2.05, 4.69) is 10.9 Å². The van der Waals surface area contributed by atoms with Gasteiger partial charge >= 0.3 is 5.97 Å². The molecule has 0 saturated carbocycles. The summed E-state index contributed by atoms with van der Waals surface area (Å²) in [6, 6.07) is 9.44. The molecule has 0 fully saturated rings. The Bertz CT molecular complexity index is 301. The average molecular weight is 208 g/mol. The molecule has 82 valence electrons. The minimum Gasteiger partial charge on any atom is -0.468 e. The SMILES string of the molecule is CNN[C@H](Cc1ccccc1)C(=O)OC. The molecular weight excluding hydrogens is 192 g/mol. The maximum atomic E-state index is 11.4. The van der Waals surface area contributed by atoms with Crippen LogP contribution in [0.25, 0.3) is 0 Å². The normalized spacial score (nSPS) is 12.1. The first-order valence-electron chi connectivity index (χ1n) is 4.82. The molecule has 1 atom stereocenters. The fraction of sp³-hybridized carbons (Fsp3) is 0.364. The molecule has 0 aliphatic rings. The van der Waals surface area contributed by atoms with Crippen LogP contribution in [0, 0.1) is 0 Å². The lowest BCUT2D eigenvalue weighted by atomic mass is 10.1. The third kappa shape index (κ3) is 3.69. The van der Waals surface area contributed by atoms with Gasteiger partial charge in [-0.05, 0) is 19.0 Å². The molecular formula is C11H16N2O2. The van der Waals surface area contributed by atoms with Gasteiger partial charge in [-0.1, -0.05) is 30.3 Å². The van der Waals surface area contributed by atoms with Crippen molar-refractivity contribution >= 4 is 5.97 Å². The Morgan fingerprint density at radius 3 is 2.60 bits per heavy atom. The molecule has 15 heavy (non-hydrogen) atoms. The van der Waals surface area contributed by atoms with Crippen molar-refractivity contribution < 1.29 is 9.53 Å². The predicted molar refractivity (Wildman–Crippen MR) is 58.1 cm³/mol. The third-order valence-corrected chi connectivity index (χ3v) is 2.09. The first kappa shape index (κ1) is 11.7. The smallest absolute Gasteiger partial charge is 0.324 e. The molecule has 1 aromatic rings. The van der Waals surface area contributed by atoms with Gasteiger partial charge in [0.05, 0.1) is 7.11 Å². The van der Waals surface area contributed by atoms with Gasteiger partial charge in [-0.15, -0.1) is 0 Å². The number of hydrogen-bond acceptors (Lipinski definition) is 4. The van der Waals surface area contributed by atoms with E-state index in [4.69, 9.17) is 4.74 Å². The molecule has 0 radical (unpaired) electrons. The quantitative estimate of drug-likeness (QED) is 0.546. The van der Waals surface area contributed by atoms with Crippen LogP contribution in [0.15, 0.2) is 30.3 Å². The van der Waals surface area contributed by atoms with Crippen LogP contribution in [-0.2, 0) is 16.0 Å².